The van der Waals surface area contributed by atoms with Crippen molar-refractivity contribution >= 4 is 45.1 Å². The fraction of sp³-hybridized carbons (Fsp3) is 0.158. The fourth-order valence-electron chi connectivity index (χ4n) is 2.61. The van der Waals surface area contributed by atoms with E-state index in [0.29, 0.717) is 10.6 Å². The van der Waals surface area contributed by atoms with Crippen LogP contribution in [0, 0.1) is 6.92 Å². The maximum absolute atomic E-state index is 12.7. The van der Waals surface area contributed by atoms with Crippen LogP contribution >= 0.6 is 11.3 Å². The van der Waals surface area contributed by atoms with E-state index in [2.05, 4.69) is 10.3 Å². The average molecular weight is 384 g/mol. The van der Waals surface area contributed by atoms with Gasteiger partial charge in [0, 0.05) is 0 Å². The van der Waals surface area contributed by atoms with E-state index < -0.39 is 17.8 Å². The zero-order valence-corrected chi connectivity index (χ0v) is 15.4. The molecule has 138 valence electrons. The molecule has 27 heavy (non-hydrogen) atoms. The Balaban J connectivity index is 1.94. The van der Waals surface area contributed by atoms with Gasteiger partial charge in [-0.2, -0.15) is 0 Å². The Hall–Kier alpha value is -3.26. The number of anilines is 1. The number of nitrogens with zero attached hydrogens (tertiary/aromatic N) is 1. The molecule has 0 saturated carbocycles. The summed E-state index contributed by atoms with van der Waals surface area (Å²) in [5.41, 5.74) is 0.350. The summed E-state index contributed by atoms with van der Waals surface area (Å²) in [5.74, 6) is -2.32. The van der Waals surface area contributed by atoms with Crippen LogP contribution in [0.4, 0.5) is 5.13 Å². The fourth-order valence-corrected chi connectivity index (χ4v) is 3.46. The number of esters is 1. The molecule has 0 spiro atoms. The van der Waals surface area contributed by atoms with Gasteiger partial charge in [0.2, 0.25) is 0 Å². The number of carbonyl (C=O) groups is 3. The summed E-state index contributed by atoms with van der Waals surface area (Å²) in [7, 11) is 0. The number of ether oxygens (including phenoxy) is 1. The van der Waals surface area contributed by atoms with E-state index in [9.17, 15) is 19.5 Å². The van der Waals surface area contributed by atoms with Gasteiger partial charge in [-0.3, -0.25) is 10.1 Å². The van der Waals surface area contributed by atoms with Gasteiger partial charge in [-0.05, 0) is 36.8 Å². The van der Waals surface area contributed by atoms with Gasteiger partial charge >= 0.3 is 11.9 Å². The molecule has 1 aromatic heterocycles. The number of hydrogen-bond donors (Lipinski definition) is 2. The van der Waals surface area contributed by atoms with Gasteiger partial charge in [0.1, 0.15) is 4.88 Å². The van der Waals surface area contributed by atoms with Crippen molar-refractivity contribution in [3.05, 3.63) is 58.1 Å². The number of nitrogens with one attached hydrogen (secondary N) is 1. The van der Waals surface area contributed by atoms with E-state index in [0.717, 1.165) is 22.1 Å². The van der Waals surface area contributed by atoms with Gasteiger partial charge in [0.05, 0.1) is 23.4 Å². The van der Waals surface area contributed by atoms with Gasteiger partial charge in [0.25, 0.3) is 5.91 Å². The van der Waals surface area contributed by atoms with Crippen LogP contribution in [0.15, 0.2) is 36.4 Å². The first-order valence-electron chi connectivity index (χ1n) is 8.12. The van der Waals surface area contributed by atoms with E-state index >= 15 is 0 Å². The third kappa shape index (κ3) is 3.80. The van der Waals surface area contributed by atoms with Gasteiger partial charge in [-0.25, -0.2) is 14.6 Å². The number of carbonyl (C=O) groups excluding carboxylic acids is 2. The first-order valence-corrected chi connectivity index (χ1v) is 8.94. The number of hydrogen-bond acceptors (Lipinski definition) is 6. The highest BCUT2D eigenvalue weighted by atomic mass is 32.1. The van der Waals surface area contributed by atoms with Crippen LogP contribution < -0.4 is 5.32 Å². The maximum atomic E-state index is 12.7. The predicted molar refractivity (Wildman–Crippen MR) is 102 cm³/mol. The summed E-state index contributed by atoms with van der Waals surface area (Å²) < 4.78 is 4.95. The van der Waals surface area contributed by atoms with E-state index in [-0.39, 0.29) is 22.9 Å². The molecule has 1 heterocycles. The molecule has 0 aliphatic carbocycles. The van der Waals surface area contributed by atoms with E-state index in [1.165, 1.54) is 12.1 Å². The second kappa shape index (κ2) is 7.55. The summed E-state index contributed by atoms with van der Waals surface area (Å²) in [5, 5.41) is 13.7. The Labute approximate surface area is 158 Å². The lowest BCUT2D eigenvalue weighted by molar-refractivity contribution is 0.0530. The number of amides is 1. The van der Waals surface area contributed by atoms with Crippen LogP contribution in [0.1, 0.15) is 43.0 Å². The molecular formula is C19H16N2O5S. The first-order chi connectivity index (χ1) is 12.9. The normalized spacial score (nSPS) is 10.6. The number of thiazole rings is 1. The van der Waals surface area contributed by atoms with Crippen molar-refractivity contribution in [2.24, 2.45) is 0 Å². The molecule has 0 radical (unpaired) electrons. The number of aryl methyl sites for hydroxylation is 1. The molecule has 2 aromatic carbocycles. The largest absolute Gasteiger partial charge is 0.478 e. The molecule has 0 saturated heterocycles. The molecular weight excluding hydrogens is 368 g/mol. The summed E-state index contributed by atoms with van der Waals surface area (Å²) in [6, 6.07) is 10.2. The summed E-state index contributed by atoms with van der Waals surface area (Å²) >= 11 is 0.983. The minimum Gasteiger partial charge on any atom is -0.478 e. The molecule has 1 amide bonds. The van der Waals surface area contributed by atoms with Gasteiger partial charge in [-0.15, -0.1) is 0 Å². The van der Waals surface area contributed by atoms with Crippen LogP contribution in [0.2, 0.25) is 0 Å². The molecule has 0 aliphatic heterocycles. The van der Waals surface area contributed by atoms with Crippen molar-refractivity contribution in [3.63, 3.8) is 0 Å². The smallest absolute Gasteiger partial charge is 0.350 e. The van der Waals surface area contributed by atoms with E-state index in [1.807, 2.05) is 0 Å². The third-order valence-electron chi connectivity index (χ3n) is 3.84. The number of aromatic nitrogens is 1. The van der Waals surface area contributed by atoms with Crippen molar-refractivity contribution in [2.45, 2.75) is 13.8 Å². The lowest BCUT2D eigenvalue weighted by Crippen LogP contribution is -2.16. The molecule has 3 aromatic rings. The molecule has 0 fully saturated rings. The third-order valence-corrected chi connectivity index (χ3v) is 4.89. The van der Waals surface area contributed by atoms with Crippen LogP contribution in [0.25, 0.3) is 10.8 Å². The monoisotopic (exact) mass is 384 g/mol. The minimum absolute atomic E-state index is 0.0201. The molecule has 0 unspecified atom stereocenters. The zero-order chi connectivity index (χ0) is 19.6. The predicted octanol–water partition coefficient (Wildman–Crippen LogP) is 3.73. The lowest BCUT2D eigenvalue weighted by Gasteiger charge is -2.08. The summed E-state index contributed by atoms with van der Waals surface area (Å²) in [6.07, 6.45) is 0. The molecule has 2 N–H and O–H groups in total. The summed E-state index contributed by atoms with van der Waals surface area (Å²) in [6.45, 7) is 3.57. The first kappa shape index (κ1) is 18.5. The molecule has 3 rings (SSSR count). The maximum Gasteiger partial charge on any atom is 0.350 e. The molecule has 8 heteroatoms. The Morgan fingerprint density at radius 1 is 1.15 bits per heavy atom. The average Bonchev–Trinajstić information content (AvgIpc) is 3.01. The van der Waals surface area contributed by atoms with Gasteiger partial charge in [0.15, 0.2) is 5.13 Å². The van der Waals surface area contributed by atoms with E-state index in [1.54, 1.807) is 38.1 Å². The van der Waals surface area contributed by atoms with Crippen molar-refractivity contribution in [2.75, 3.05) is 11.9 Å². The topological polar surface area (TPSA) is 106 Å². The SMILES string of the molecule is CCOC(=O)c1sc(NC(=O)c2cc3ccccc3cc2C(=O)O)nc1C. The van der Waals surface area contributed by atoms with Crippen molar-refractivity contribution < 1.29 is 24.2 Å². The van der Waals surface area contributed by atoms with Crippen molar-refractivity contribution in [1.82, 2.24) is 4.98 Å². The number of carboxylic acids is 1. The van der Waals surface area contributed by atoms with Gasteiger partial charge in [-0.1, -0.05) is 35.6 Å². The van der Waals surface area contributed by atoms with E-state index in [4.69, 9.17) is 4.74 Å². The standard InChI is InChI=1S/C19H16N2O5S/c1-3-26-18(25)15-10(2)20-19(27-15)21-16(22)13-8-11-6-4-5-7-12(11)9-14(13)17(23)24/h4-9H,3H2,1-2H3,(H,23,24)(H,20,21,22). The van der Waals surface area contributed by atoms with Gasteiger partial charge < -0.3 is 9.84 Å². The Bertz CT molecular complexity index is 1060. The second-order valence-corrected chi connectivity index (χ2v) is 6.66. The van der Waals surface area contributed by atoms with Crippen molar-refractivity contribution in [1.29, 1.82) is 0 Å². The zero-order valence-electron chi connectivity index (χ0n) is 14.6. The molecule has 0 atom stereocenters. The number of carboxylic acid groups (broad SMARTS) is 1. The molecule has 0 aliphatic rings. The highest BCUT2D eigenvalue weighted by molar-refractivity contribution is 7.17. The second-order valence-electron chi connectivity index (χ2n) is 5.66. The number of aromatic carboxylic acids is 1. The van der Waals surface area contributed by atoms with Crippen molar-refractivity contribution in [3.8, 4) is 0 Å². The quantitative estimate of drug-likeness (QED) is 0.649. The number of fused-ring (bicyclic) bond motifs is 1. The van der Waals surface area contributed by atoms with Crippen LogP contribution in [-0.4, -0.2) is 34.5 Å². The number of benzene rings is 2. The Morgan fingerprint density at radius 3 is 2.37 bits per heavy atom. The Kier molecular flexibility index (Phi) is 5.18. The highest BCUT2D eigenvalue weighted by Crippen LogP contribution is 2.26. The minimum atomic E-state index is -1.20. The number of rotatable bonds is 5. The molecule has 7 nitrogen and oxygen atoms in total. The van der Waals surface area contributed by atoms with Crippen LogP contribution in [0.5, 0.6) is 0 Å². The molecule has 0 bridgehead atoms. The lowest BCUT2D eigenvalue weighted by atomic mass is 10.0. The van der Waals surface area contributed by atoms with Crippen LogP contribution in [-0.2, 0) is 4.74 Å². The summed E-state index contributed by atoms with van der Waals surface area (Å²) in [4.78, 5) is 40.6. The van der Waals surface area contributed by atoms with Crippen LogP contribution in [0.3, 0.4) is 0 Å². The highest BCUT2D eigenvalue weighted by Gasteiger charge is 2.21. The Morgan fingerprint density at radius 2 is 1.78 bits per heavy atom.